The van der Waals surface area contributed by atoms with Crippen molar-refractivity contribution in [2.24, 2.45) is 7.05 Å². The highest BCUT2D eigenvalue weighted by Crippen LogP contribution is 2.33. The van der Waals surface area contributed by atoms with Crippen molar-refractivity contribution in [3.8, 4) is 0 Å². The molecular formula is C23H30N6O3S. The van der Waals surface area contributed by atoms with Crippen LogP contribution in [0.2, 0.25) is 0 Å². The Kier molecular flexibility index (Phi) is 5.52. The molecule has 0 aromatic carbocycles. The molecule has 2 aliphatic rings. The molecule has 0 N–H and O–H groups in total. The summed E-state index contributed by atoms with van der Waals surface area (Å²) in [4.78, 5) is 15.2. The number of piperidine rings is 1. The summed E-state index contributed by atoms with van der Waals surface area (Å²) in [6.07, 6.45) is 7.13. The second-order valence-electron chi connectivity index (χ2n) is 9.15. The first-order valence-electron chi connectivity index (χ1n) is 11.5. The van der Waals surface area contributed by atoms with E-state index in [2.05, 4.69) is 16.3 Å². The number of amides is 1. The number of carbonyl (C=O) groups is 1. The molecular weight excluding hydrogens is 440 g/mol. The normalized spacial score (nSPS) is 18.5. The Bertz CT molecular complexity index is 1310. The fraction of sp³-hybridized carbons (Fsp3) is 0.522. The van der Waals surface area contributed by atoms with E-state index < -0.39 is 10.0 Å². The number of hydrogen-bond acceptors (Lipinski definition) is 5. The van der Waals surface area contributed by atoms with Gasteiger partial charge in [0.15, 0.2) is 0 Å². The van der Waals surface area contributed by atoms with Gasteiger partial charge in [0.25, 0.3) is 5.91 Å². The number of pyridine rings is 1. The molecule has 0 atom stereocenters. The summed E-state index contributed by atoms with van der Waals surface area (Å²) < 4.78 is 31.5. The van der Waals surface area contributed by atoms with Gasteiger partial charge in [0.05, 0.1) is 28.7 Å². The van der Waals surface area contributed by atoms with Crippen molar-refractivity contribution in [2.45, 2.75) is 50.3 Å². The zero-order chi connectivity index (χ0) is 23.3. The van der Waals surface area contributed by atoms with Crippen LogP contribution < -0.4 is 0 Å². The molecule has 0 bridgehead atoms. The van der Waals surface area contributed by atoms with Crippen molar-refractivity contribution < 1.29 is 13.2 Å². The highest BCUT2D eigenvalue weighted by molar-refractivity contribution is 7.89. The minimum atomic E-state index is -3.58. The molecule has 0 radical (unpaired) electrons. The van der Waals surface area contributed by atoms with Crippen LogP contribution in [0.4, 0.5) is 0 Å². The number of rotatable bonds is 4. The zero-order valence-corrected chi connectivity index (χ0v) is 20.2. The number of hydrogen-bond donors (Lipinski definition) is 0. The minimum Gasteiger partial charge on any atom is -0.339 e. The first kappa shape index (κ1) is 22.1. The second-order valence-corrected chi connectivity index (χ2v) is 11.0. The molecule has 0 unspecified atom stereocenters. The molecule has 33 heavy (non-hydrogen) atoms. The summed E-state index contributed by atoms with van der Waals surface area (Å²) >= 11 is 0. The SMILES string of the molecule is Cc1nn(C)c(C)c1S(=O)(=O)N1CCC(c2ccn3ncc(C(=O)N4CCCC4)c3c2)CC1. The van der Waals surface area contributed by atoms with Gasteiger partial charge in [-0.25, -0.2) is 12.9 Å². The van der Waals surface area contributed by atoms with E-state index in [9.17, 15) is 13.2 Å². The molecule has 2 saturated heterocycles. The van der Waals surface area contributed by atoms with Crippen LogP contribution in [-0.2, 0) is 17.1 Å². The predicted molar refractivity (Wildman–Crippen MR) is 124 cm³/mol. The lowest BCUT2D eigenvalue weighted by Gasteiger charge is -2.31. The number of sulfonamides is 1. The third-order valence-electron chi connectivity index (χ3n) is 7.14. The summed E-state index contributed by atoms with van der Waals surface area (Å²) in [6, 6.07) is 4.09. The maximum absolute atomic E-state index is 13.3. The summed E-state index contributed by atoms with van der Waals surface area (Å²) in [5, 5.41) is 8.65. The van der Waals surface area contributed by atoms with Crippen LogP contribution >= 0.6 is 0 Å². The zero-order valence-electron chi connectivity index (χ0n) is 19.4. The van der Waals surface area contributed by atoms with Crippen LogP contribution in [0, 0.1) is 13.8 Å². The van der Waals surface area contributed by atoms with Gasteiger partial charge in [0.2, 0.25) is 10.0 Å². The number of aryl methyl sites for hydroxylation is 2. The molecule has 3 aromatic heterocycles. The van der Waals surface area contributed by atoms with Gasteiger partial charge >= 0.3 is 0 Å². The van der Waals surface area contributed by atoms with Crippen LogP contribution in [-0.4, -0.2) is 69.1 Å². The van der Waals surface area contributed by atoms with Crippen molar-refractivity contribution >= 4 is 21.4 Å². The standard InChI is InChI=1S/C23H30N6O3S/c1-16-22(17(2)26(3)25-16)33(31,32)28-11-6-18(7-12-28)19-8-13-29-21(14-19)20(15-24-29)23(30)27-9-4-5-10-27/h8,13-15,18H,4-7,9-12H2,1-3H3. The van der Waals surface area contributed by atoms with E-state index in [1.807, 2.05) is 17.2 Å². The molecule has 3 aromatic rings. The molecule has 0 aliphatic carbocycles. The minimum absolute atomic E-state index is 0.0442. The van der Waals surface area contributed by atoms with E-state index in [1.165, 1.54) is 0 Å². The average molecular weight is 471 g/mol. The van der Waals surface area contributed by atoms with E-state index in [1.54, 1.807) is 40.6 Å². The van der Waals surface area contributed by atoms with E-state index in [4.69, 9.17) is 0 Å². The Morgan fingerprint density at radius 1 is 1.09 bits per heavy atom. The first-order valence-corrected chi connectivity index (χ1v) is 13.0. The Labute approximate surface area is 194 Å². The van der Waals surface area contributed by atoms with Gasteiger partial charge in [0.1, 0.15) is 4.90 Å². The number of fused-ring (bicyclic) bond motifs is 1. The monoisotopic (exact) mass is 470 g/mol. The topological polar surface area (TPSA) is 92.8 Å². The van der Waals surface area contributed by atoms with E-state index in [-0.39, 0.29) is 11.8 Å². The maximum Gasteiger partial charge on any atom is 0.257 e. The molecule has 5 heterocycles. The highest BCUT2D eigenvalue weighted by atomic mass is 32.2. The Morgan fingerprint density at radius 3 is 2.42 bits per heavy atom. The van der Waals surface area contributed by atoms with Crippen molar-refractivity contribution in [1.82, 2.24) is 28.6 Å². The lowest BCUT2D eigenvalue weighted by molar-refractivity contribution is 0.0794. The van der Waals surface area contributed by atoms with Gasteiger partial charge in [-0.3, -0.25) is 9.48 Å². The Morgan fingerprint density at radius 2 is 1.79 bits per heavy atom. The van der Waals surface area contributed by atoms with Crippen molar-refractivity contribution in [3.63, 3.8) is 0 Å². The molecule has 0 spiro atoms. The lowest BCUT2D eigenvalue weighted by atomic mass is 9.90. The smallest absolute Gasteiger partial charge is 0.257 e. The third-order valence-corrected chi connectivity index (χ3v) is 9.29. The van der Waals surface area contributed by atoms with Crippen molar-refractivity contribution in [1.29, 1.82) is 0 Å². The van der Waals surface area contributed by atoms with Gasteiger partial charge in [-0.15, -0.1) is 0 Å². The molecule has 1 amide bonds. The summed E-state index contributed by atoms with van der Waals surface area (Å²) in [6.45, 7) is 6.07. The summed E-state index contributed by atoms with van der Waals surface area (Å²) in [7, 11) is -1.81. The summed E-state index contributed by atoms with van der Waals surface area (Å²) in [5.74, 6) is 0.282. The molecule has 176 valence electrons. The lowest BCUT2D eigenvalue weighted by Crippen LogP contribution is -2.38. The number of nitrogens with zero attached hydrogens (tertiary/aromatic N) is 6. The molecule has 5 rings (SSSR count). The van der Waals surface area contributed by atoms with Crippen molar-refractivity contribution in [3.05, 3.63) is 47.0 Å². The van der Waals surface area contributed by atoms with E-state index in [0.717, 1.165) is 49.9 Å². The van der Waals surface area contributed by atoms with Crippen LogP contribution in [0.1, 0.15) is 58.9 Å². The summed E-state index contributed by atoms with van der Waals surface area (Å²) in [5.41, 5.74) is 3.79. The highest BCUT2D eigenvalue weighted by Gasteiger charge is 2.34. The van der Waals surface area contributed by atoms with Crippen LogP contribution in [0.3, 0.4) is 0 Å². The van der Waals surface area contributed by atoms with Gasteiger partial charge in [0, 0.05) is 39.4 Å². The molecule has 2 aliphatic heterocycles. The van der Waals surface area contributed by atoms with E-state index >= 15 is 0 Å². The molecule has 2 fully saturated rings. The quantitative estimate of drug-likeness (QED) is 0.584. The van der Waals surface area contributed by atoms with Crippen LogP contribution in [0.15, 0.2) is 29.4 Å². The predicted octanol–water partition coefficient (Wildman–Crippen LogP) is 2.49. The first-order chi connectivity index (χ1) is 15.8. The van der Waals surface area contributed by atoms with Gasteiger partial charge in [-0.2, -0.15) is 14.5 Å². The number of likely N-dealkylation sites (tertiary alicyclic amines) is 1. The van der Waals surface area contributed by atoms with Gasteiger partial charge < -0.3 is 4.90 Å². The van der Waals surface area contributed by atoms with Crippen molar-refractivity contribution in [2.75, 3.05) is 26.2 Å². The fourth-order valence-corrected chi connectivity index (χ4v) is 7.06. The maximum atomic E-state index is 13.3. The average Bonchev–Trinajstić information content (AvgIpc) is 3.53. The fourth-order valence-electron chi connectivity index (χ4n) is 5.19. The molecule has 9 nitrogen and oxygen atoms in total. The molecule has 10 heteroatoms. The largest absolute Gasteiger partial charge is 0.339 e. The van der Waals surface area contributed by atoms with Crippen LogP contribution in [0.5, 0.6) is 0 Å². The molecule has 0 saturated carbocycles. The number of carbonyl (C=O) groups excluding carboxylic acids is 1. The van der Waals surface area contributed by atoms with Gasteiger partial charge in [-0.05, 0) is 63.1 Å². The van der Waals surface area contributed by atoms with Crippen LogP contribution in [0.25, 0.3) is 5.52 Å². The van der Waals surface area contributed by atoms with Gasteiger partial charge in [-0.1, -0.05) is 0 Å². The third kappa shape index (κ3) is 3.74. The Balaban J connectivity index is 1.35. The Hall–Kier alpha value is -2.72. The van der Waals surface area contributed by atoms with E-state index in [0.29, 0.717) is 34.9 Å². The second kappa shape index (κ2) is 8.25. The number of aromatic nitrogens is 4.